The summed E-state index contributed by atoms with van der Waals surface area (Å²) in [6.07, 6.45) is 1.33. The molecule has 3 rings (SSSR count). The summed E-state index contributed by atoms with van der Waals surface area (Å²) in [5, 5.41) is 4.20. The first-order chi connectivity index (χ1) is 16.7. The van der Waals surface area contributed by atoms with E-state index in [9.17, 15) is 18.0 Å². The van der Waals surface area contributed by atoms with E-state index in [-0.39, 0.29) is 16.4 Å². The number of carbonyl (C=O) groups is 2. The first-order valence-electron chi connectivity index (χ1n) is 10.2. The van der Waals surface area contributed by atoms with E-state index >= 15 is 0 Å². The number of esters is 1. The zero-order valence-corrected chi connectivity index (χ0v) is 20.4. The largest absolute Gasteiger partial charge is 0.493 e. The molecule has 0 aliphatic rings. The number of hydrazone groups is 1. The number of amides is 1. The lowest BCUT2D eigenvalue weighted by atomic mass is 10.1. The Morgan fingerprint density at radius 2 is 1.69 bits per heavy atom. The number of benzene rings is 3. The van der Waals surface area contributed by atoms with Crippen LogP contribution in [-0.4, -0.2) is 40.2 Å². The Morgan fingerprint density at radius 3 is 2.34 bits per heavy atom. The van der Waals surface area contributed by atoms with Gasteiger partial charge < -0.3 is 9.47 Å². The number of rotatable bonds is 9. The third-order valence-corrected chi connectivity index (χ3v) is 6.30. The highest BCUT2D eigenvalue weighted by atomic mass is 35.5. The zero-order valence-electron chi connectivity index (χ0n) is 18.8. The average molecular weight is 516 g/mol. The lowest BCUT2D eigenvalue weighted by Crippen LogP contribution is -2.34. The number of hydrogen-bond donors (Lipinski definition) is 2. The van der Waals surface area contributed by atoms with Gasteiger partial charge in [-0.2, -0.15) is 5.10 Å². The third kappa shape index (κ3) is 7.38. The molecule has 1 amide bonds. The molecule has 0 saturated carbocycles. The van der Waals surface area contributed by atoms with Crippen LogP contribution < -0.4 is 19.6 Å². The summed E-state index contributed by atoms with van der Waals surface area (Å²) in [6.45, 7) is 1.40. The highest BCUT2D eigenvalue weighted by molar-refractivity contribution is 7.89. The smallest absolute Gasteiger partial charge is 0.343 e. The van der Waals surface area contributed by atoms with Gasteiger partial charge in [0.15, 0.2) is 11.5 Å². The summed E-state index contributed by atoms with van der Waals surface area (Å²) in [5.74, 6) is -0.695. The summed E-state index contributed by atoms with van der Waals surface area (Å²) in [4.78, 5) is 24.3. The Bertz CT molecular complexity index is 1340. The van der Waals surface area contributed by atoms with E-state index in [1.165, 1.54) is 43.7 Å². The first-order valence-corrected chi connectivity index (χ1v) is 12.1. The zero-order chi connectivity index (χ0) is 25.4. The molecule has 0 spiro atoms. The predicted octanol–water partition coefficient (Wildman–Crippen LogP) is 3.30. The molecule has 0 aliphatic carbocycles. The summed E-state index contributed by atoms with van der Waals surface area (Å²) in [5.41, 5.74) is 4.19. The fourth-order valence-corrected chi connectivity index (χ4v) is 3.88. The third-order valence-electron chi connectivity index (χ3n) is 4.63. The number of ether oxygens (including phenoxy) is 2. The number of halogens is 1. The molecule has 0 unspecified atom stereocenters. The van der Waals surface area contributed by atoms with E-state index in [0.717, 1.165) is 5.56 Å². The van der Waals surface area contributed by atoms with Crippen molar-refractivity contribution in [3.8, 4) is 11.5 Å². The summed E-state index contributed by atoms with van der Waals surface area (Å²) < 4.78 is 37.3. The van der Waals surface area contributed by atoms with E-state index in [1.54, 1.807) is 24.3 Å². The highest BCUT2D eigenvalue weighted by Crippen LogP contribution is 2.28. The van der Waals surface area contributed by atoms with E-state index < -0.39 is 28.4 Å². The van der Waals surface area contributed by atoms with Crippen LogP contribution in [0.15, 0.2) is 76.7 Å². The van der Waals surface area contributed by atoms with Gasteiger partial charge in [0.1, 0.15) is 0 Å². The van der Waals surface area contributed by atoms with Crippen molar-refractivity contribution in [3.05, 3.63) is 88.4 Å². The first kappa shape index (κ1) is 25.9. The lowest BCUT2D eigenvalue weighted by Gasteiger charge is -2.10. The second-order valence-corrected chi connectivity index (χ2v) is 9.44. The topological polar surface area (TPSA) is 123 Å². The lowest BCUT2D eigenvalue weighted by molar-refractivity contribution is -0.119. The second-order valence-electron chi connectivity index (χ2n) is 7.24. The van der Waals surface area contributed by atoms with Crippen LogP contribution in [0.1, 0.15) is 21.5 Å². The molecule has 0 fully saturated rings. The SMILES string of the molecule is COc1cc(C=NNC(=O)CNS(=O)(=O)c2ccc(Cl)cc2)ccc1OC(=O)c1ccc(C)cc1. The van der Waals surface area contributed by atoms with Crippen LogP contribution in [0.2, 0.25) is 5.02 Å². The maximum absolute atomic E-state index is 12.4. The number of sulfonamides is 1. The van der Waals surface area contributed by atoms with Crippen molar-refractivity contribution in [2.75, 3.05) is 13.7 Å². The minimum absolute atomic E-state index is 0.0199. The van der Waals surface area contributed by atoms with Crippen LogP contribution >= 0.6 is 11.6 Å². The van der Waals surface area contributed by atoms with Gasteiger partial charge in [0, 0.05) is 5.02 Å². The molecular weight excluding hydrogens is 494 g/mol. The molecule has 0 bridgehead atoms. The van der Waals surface area contributed by atoms with Crippen LogP contribution in [0.5, 0.6) is 11.5 Å². The van der Waals surface area contributed by atoms with Crippen molar-refractivity contribution in [1.29, 1.82) is 0 Å². The second kappa shape index (κ2) is 11.6. The van der Waals surface area contributed by atoms with E-state index in [2.05, 4.69) is 15.2 Å². The standard InChI is InChI=1S/C24H22ClN3O6S/c1-16-3-6-18(7-4-16)24(30)34-21-12-5-17(13-22(21)33-2)14-26-28-23(29)15-27-35(31,32)20-10-8-19(25)9-11-20/h3-14,27H,15H2,1-2H3,(H,28,29). The van der Waals surface area contributed by atoms with Gasteiger partial charge >= 0.3 is 5.97 Å². The number of methoxy groups -OCH3 is 1. The van der Waals surface area contributed by atoms with Crippen molar-refractivity contribution in [2.45, 2.75) is 11.8 Å². The van der Waals surface area contributed by atoms with Crippen LogP contribution in [0, 0.1) is 6.92 Å². The van der Waals surface area contributed by atoms with Gasteiger partial charge in [-0.3, -0.25) is 4.79 Å². The monoisotopic (exact) mass is 515 g/mol. The Labute approximate surface area is 207 Å². The van der Waals surface area contributed by atoms with Gasteiger partial charge in [-0.25, -0.2) is 23.4 Å². The van der Waals surface area contributed by atoms with Crippen LogP contribution in [-0.2, 0) is 14.8 Å². The van der Waals surface area contributed by atoms with Gasteiger partial charge in [0.05, 0.1) is 30.3 Å². The van der Waals surface area contributed by atoms with Crippen LogP contribution in [0.4, 0.5) is 0 Å². The Balaban J connectivity index is 1.56. The van der Waals surface area contributed by atoms with Gasteiger partial charge in [-0.05, 0) is 67.1 Å². The van der Waals surface area contributed by atoms with Crippen molar-refractivity contribution >= 4 is 39.7 Å². The van der Waals surface area contributed by atoms with E-state index in [0.29, 0.717) is 16.1 Å². The number of aryl methyl sites for hydroxylation is 1. The number of nitrogens with zero attached hydrogens (tertiary/aromatic N) is 1. The predicted molar refractivity (Wildman–Crippen MR) is 132 cm³/mol. The maximum Gasteiger partial charge on any atom is 0.343 e. The van der Waals surface area contributed by atoms with Crippen LogP contribution in [0.25, 0.3) is 0 Å². The fourth-order valence-electron chi connectivity index (χ4n) is 2.77. The van der Waals surface area contributed by atoms with E-state index in [4.69, 9.17) is 21.1 Å². The molecule has 3 aromatic rings. The summed E-state index contributed by atoms with van der Waals surface area (Å²) >= 11 is 5.75. The molecule has 3 aromatic carbocycles. The van der Waals surface area contributed by atoms with Crippen molar-refractivity contribution in [1.82, 2.24) is 10.1 Å². The summed E-state index contributed by atoms with van der Waals surface area (Å²) in [7, 11) is -2.45. The maximum atomic E-state index is 12.4. The molecule has 0 saturated heterocycles. The van der Waals surface area contributed by atoms with Crippen molar-refractivity contribution in [3.63, 3.8) is 0 Å². The molecule has 9 nitrogen and oxygen atoms in total. The Kier molecular flexibility index (Phi) is 8.58. The minimum Gasteiger partial charge on any atom is -0.493 e. The normalized spacial score (nSPS) is 11.3. The molecule has 35 heavy (non-hydrogen) atoms. The molecule has 0 heterocycles. The molecule has 2 N–H and O–H groups in total. The van der Waals surface area contributed by atoms with Gasteiger partial charge in [0.25, 0.3) is 5.91 Å². The number of nitrogens with one attached hydrogen (secondary N) is 2. The number of hydrogen-bond acceptors (Lipinski definition) is 7. The molecule has 0 atom stereocenters. The molecule has 11 heteroatoms. The summed E-state index contributed by atoms with van der Waals surface area (Å²) in [6, 6.07) is 17.2. The average Bonchev–Trinajstić information content (AvgIpc) is 2.84. The molecule has 0 radical (unpaired) electrons. The van der Waals surface area contributed by atoms with Crippen molar-refractivity contribution in [2.24, 2.45) is 5.10 Å². The van der Waals surface area contributed by atoms with Crippen LogP contribution in [0.3, 0.4) is 0 Å². The molecule has 0 aliphatic heterocycles. The highest BCUT2D eigenvalue weighted by Gasteiger charge is 2.15. The van der Waals surface area contributed by atoms with Gasteiger partial charge in [-0.15, -0.1) is 0 Å². The van der Waals surface area contributed by atoms with E-state index in [1.807, 2.05) is 19.1 Å². The fraction of sp³-hybridized carbons (Fsp3) is 0.125. The molecular formula is C24H22ClN3O6S. The number of carbonyl (C=O) groups excluding carboxylic acids is 2. The van der Waals surface area contributed by atoms with Crippen molar-refractivity contribution < 1.29 is 27.5 Å². The molecule has 0 aromatic heterocycles. The molecule has 182 valence electrons. The Hall–Kier alpha value is -3.73. The Morgan fingerprint density at radius 1 is 1.00 bits per heavy atom. The van der Waals surface area contributed by atoms with Gasteiger partial charge in [0.2, 0.25) is 10.0 Å². The van der Waals surface area contributed by atoms with Gasteiger partial charge in [-0.1, -0.05) is 29.3 Å². The quantitative estimate of drug-likeness (QED) is 0.195. The minimum atomic E-state index is -3.87.